The Kier molecular flexibility index (Phi) is 7.40. The number of esters is 6. The summed E-state index contributed by atoms with van der Waals surface area (Å²) >= 11 is 0. The van der Waals surface area contributed by atoms with Crippen LogP contribution in [0.1, 0.15) is 74.7 Å². The molecule has 5 aliphatic rings. The van der Waals surface area contributed by atoms with Gasteiger partial charge in [0.15, 0.2) is 23.9 Å². The average molecular weight is 625 g/mol. The Morgan fingerprint density at radius 2 is 1.27 bits per heavy atom. The number of carbonyl (C=O) groups is 6. The first-order valence-corrected chi connectivity index (χ1v) is 14.8. The first kappa shape index (κ1) is 32.1. The molecule has 2 heterocycles. The lowest BCUT2D eigenvalue weighted by atomic mass is 9.56. The molecular formula is C30H40O14. The van der Waals surface area contributed by atoms with E-state index in [2.05, 4.69) is 0 Å². The van der Waals surface area contributed by atoms with E-state index in [9.17, 15) is 33.9 Å². The molecule has 1 spiro atoms. The molecule has 0 aromatic heterocycles. The molecule has 3 saturated carbocycles. The van der Waals surface area contributed by atoms with Gasteiger partial charge in [0.05, 0.1) is 18.4 Å². The second-order valence-corrected chi connectivity index (χ2v) is 13.4. The third kappa shape index (κ3) is 4.27. The van der Waals surface area contributed by atoms with Crippen molar-refractivity contribution in [3.8, 4) is 0 Å². The molecule has 3 aliphatic carbocycles. The highest BCUT2D eigenvalue weighted by molar-refractivity contribution is 5.75. The van der Waals surface area contributed by atoms with Crippen molar-refractivity contribution >= 4 is 35.8 Å². The molecule has 0 unspecified atom stereocenters. The van der Waals surface area contributed by atoms with Gasteiger partial charge in [-0.05, 0) is 33.6 Å². The van der Waals surface area contributed by atoms with Crippen LogP contribution >= 0.6 is 0 Å². The first-order chi connectivity index (χ1) is 20.3. The Bertz CT molecular complexity index is 1310. The minimum Gasteiger partial charge on any atom is -0.461 e. The zero-order valence-corrected chi connectivity index (χ0v) is 26.1. The Hall–Kier alpha value is -3.26. The maximum atomic E-state index is 13.2. The van der Waals surface area contributed by atoms with Crippen LogP contribution in [0.3, 0.4) is 0 Å². The van der Waals surface area contributed by atoms with E-state index in [4.69, 9.17) is 33.2 Å². The Morgan fingerprint density at radius 1 is 0.750 bits per heavy atom. The van der Waals surface area contributed by atoms with Crippen LogP contribution in [0.4, 0.5) is 0 Å². The zero-order chi connectivity index (χ0) is 32.8. The topological polar surface area (TPSA) is 191 Å². The molecule has 0 radical (unpaired) electrons. The summed E-state index contributed by atoms with van der Waals surface area (Å²) in [5.41, 5.74) is -8.78. The molecule has 5 fully saturated rings. The standard InChI is InChI=1S/C30H40O14/c1-13(31)39-22-18-9-10-19-28(8)20(11-21(36)44-28)30(37,26(6)12-38-26)24(41-15(3)33)23(40-14(2)32)29(19,22)25(42-16(4)34)27(18,7)43-17(5)35/h18-20,22-25,37H,9-12H2,1-8H3/t18-,19+,20+,22-,23-,24-,25+,26-,27+,28-,29+,30+/m1/s1. The van der Waals surface area contributed by atoms with Crippen LogP contribution in [0.5, 0.6) is 0 Å². The van der Waals surface area contributed by atoms with Crippen molar-refractivity contribution in [2.45, 2.75) is 121 Å². The average Bonchev–Trinajstić information content (AvgIpc) is 3.54. The number of carbonyl (C=O) groups excluding carboxylic acids is 6. The van der Waals surface area contributed by atoms with E-state index < -0.39 is 106 Å². The van der Waals surface area contributed by atoms with Crippen LogP contribution in [-0.4, -0.2) is 94.3 Å². The summed E-state index contributed by atoms with van der Waals surface area (Å²) in [5.74, 6) is -7.55. The lowest BCUT2D eigenvalue weighted by molar-refractivity contribution is -0.254. The van der Waals surface area contributed by atoms with Gasteiger partial charge in [-0.2, -0.15) is 0 Å². The summed E-state index contributed by atoms with van der Waals surface area (Å²) < 4.78 is 41.8. The predicted molar refractivity (Wildman–Crippen MR) is 143 cm³/mol. The number of aliphatic hydroxyl groups is 1. The summed E-state index contributed by atoms with van der Waals surface area (Å²) in [5, 5.41) is 13.0. The molecular weight excluding hydrogens is 584 g/mol. The van der Waals surface area contributed by atoms with Gasteiger partial charge >= 0.3 is 35.8 Å². The van der Waals surface area contributed by atoms with E-state index in [0.717, 1.165) is 20.8 Å². The highest BCUT2D eigenvalue weighted by Crippen LogP contribution is 2.72. The van der Waals surface area contributed by atoms with E-state index in [1.165, 1.54) is 20.8 Å². The van der Waals surface area contributed by atoms with Crippen molar-refractivity contribution in [1.82, 2.24) is 0 Å². The van der Waals surface area contributed by atoms with Crippen molar-refractivity contribution < 1.29 is 67.0 Å². The van der Waals surface area contributed by atoms with Gasteiger partial charge in [0.2, 0.25) is 0 Å². The molecule has 0 amide bonds. The quantitative estimate of drug-likeness (QED) is 0.249. The highest BCUT2D eigenvalue weighted by atomic mass is 16.6. The van der Waals surface area contributed by atoms with Gasteiger partial charge in [0.25, 0.3) is 0 Å². The van der Waals surface area contributed by atoms with Crippen LogP contribution in [0.15, 0.2) is 0 Å². The number of hydrogen-bond donors (Lipinski definition) is 1. The van der Waals surface area contributed by atoms with Crippen molar-refractivity contribution in [1.29, 1.82) is 0 Å². The normalized spacial score (nSPS) is 46.8. The summed E-state index contributed by atoms with van der Waals surface area (Å²) in [7, 11) is 0. The fourth-order valence-electron chi connectivity index (χ4n) is 9.39. The third-order valence-electron chi connectivity index (χ3n) is 10.7. The molecule has 2 bridgehead atoms. The predicted octanol–water partition coefficient (Wildman–Crippen LogP) is 0.917. The molecule has 0 aromatic rings. The first-order valence-electron chi connectivity index (χ1n) is 14.8. The molecule has 1 N–H and O–H groups in total. The fraction of sp³-hybridized carbons (Fsp3) is 0.800. The molecule has 0 aromatic carbocycles. The zero-order valence-electron chi connectivity index (χ0n) is 26.1. The largest absolute Gasteiger partial charge is 0.461 e. The van der Waals surface area contributed by atoms with Gasteiger partial charge in [0, 0.05) is 52.4 Å². The van der Waals surface area contributed by atoms with E-state index >= 15 is 0 Å². The smallest absolute Gasteiger partial charge is 0.306 e. The third-order valence-corrected chi connectivity index (χ3v) is 10.7. The van der Waals surface area contributed by atoms with Gasteiger partial charge < -0.3 is 38.3 Å². The molecule has 2 aliphatic heterocycles. The number of hydrogen-bond acceptors (Lipinski definition) is 14. The summed E-state index contributed by atoms with van der Waals surface area (Å²) in [6.07, 6.45) is -6.14. The summed E-state index contributed by atoms with van der Waals surface area (Å²) in [4.78, 5) is 77.3. The van der Waals surface area contributed by atoms with Crippen LogP contribution in [-0.2, 0) is 61.9 Å². The number of fused-ring (bicyclic) bond motifs is 3. The van der Waals surface area contributed by atoms with Gasteiger partial charge in [-0.25, -0.2) is 0 Å². The molecule has 2 saturated heterocycles. The molecule has 5 rings (SSSR count). The van der Waals surface area contributed by atoms with E-state index in [1.54, 1.807) is 13.8 Å². The molecule has 44 heavy (non-hydrogen) atoms. The van der Waals surface area contributed by atoms with Crippen LogP contribution in [0, 0.1) is 23.2 Å². The van der Waals surface area contributed by atoms with Gasteiger partial charge in [0.1, 0.15) is 22.9 Å². The van der Waals surface area contributed by atoms with E-state index in [0.29, 0.717) is 0 Å². The number of rotatable bonds is 6. The summed E-state index contributed by atoms with van der Waals surface area (Å²) in [6, 6.07) is 0. The Labute approximate surface area is 254 Å². The van der Waals surface area contributed by atoms with Crippen molar-refractivity contribution in [2.75, 3.05) is 6.61 Å². The molecule has 12 atom stereocenters. The SMILES string of the molecule is CC(=O)O[C@@H]1[C@H]2CC[C@H]3[C@@]4(C)OC(=O)C[C@@H]4[C@@](O)([C@@]4(C)CO4)[C@H](OC(C)=O)[C@@H](OC(C)=O)[C@@]13[C@@H](OC(C)=O)[C@@]2(C)OC(C)=O. The Morgan fingerprint density at radius 3 is 1.77 bits per heavy atom. The van der Waals surface area contributed by atoms with E-state index in [1.807, 2.05) is 0 Å². The molecule has 244 valence electrons. The molecule has 14 nitrogen and oxygen atoms in total. The minimum atomic E-state index is -2.22. The summed E-state index contributed by atoms with van der Waals surface area (Å²) in [6.45, 7) is 10.4. The molecule has 14 heteroatoms. The maximum absolute atomic E-state index is 13.2. The van der Waals surface area contributed by atoms with Crippen LogP contribution < -0.4 is 0 Å². The maximum Gasteiger partial charge on any atom is 0.306 e. The van der Waals surface area contributed by atoms with Gasteiger partial charge in [-0.1, -0.05) is 0 Å². The van der Waals surface area contributed by atoms with Crippen molar-refractivity contribution in [3.63, 3.8) is 0 Å². The lowest BCUT2D eigenvalue weighted by Gasteiger charge is -2.54. The van der Waals surface area contributed by atoms with Gasteiger partial charge in [-0.3, -0.25) is 28.8 Å². The van der Waals surface area contributed by atoms with Gasteiger partial charge in [-0.15, -0.1) is 0 Å². The lowest BCUT2D eigenvalue weighted by Crippen LogP contribution is -2.69. The minimum absolute atomic E-state index is 0.00102. The van der Waals surface area contributed by atoms with E-state index in [-0.39, 0.29) is 25.9 Å². The van der Waals surface area contributed by atoms with Crippen LogP contribution in [0.25, 0.3) is 0 Å². The van der Waals surface area contributed by atoms with Crippen molar-refractivity contribution in [2.24, 2.45) is 23.2 Å². The number of epoxide rings is 1. The number of ether oxygens (including phenoxy) is 7. The Balaban J connectivity index is 1.95. The monoisotopic (exact) mass is 624 g/mol. The second kappa shape index (κ2) is 10.1. The fourth-order valence-corrected chi connectivity index (χ4v) is 9.39. The highest BCUT2D eigenvalue weighted by Gasteiger charge is 2.88. The van der Waals surface area contributed by atoms with Crippen molar-refractivity contribution in [3.05, 3.63) is 0 Å². The second-order valence-electron chi connectivity index (χ2n) is 13.4. The van der Waals surface area contributed by atoms with Crippen LogP contribution in [0.2, 0.25) is 0 Å².